The number of hydrogen-bond acceptors (Lipinski definition) is 6. The first kappa shape index (κ1) is 26.4. The highest BCUT2D eigenvalue weighted by atomic mass is 35.5. The molecule has 2 N–H and O–H groups in total. The number of hydrogen-bond donors (Lipinski definition) is 1. The van der Waals surface area contributed by atoms with Gasteiger partial charge >= 0.3 is 6.18 Å². The van der Waals surface area contributed by atoms with E-state index in [2.05, 4.69) is 4.98 Å². The lowest BCUT2D eigenvalue weighted by atomic mass is 10.1. The van der Waals surface area contributed by atoms with Gasteiger partial charge in [-0.2, -0.15) is 13.2 Å². The molecule has 4 rings (SSSR count). The third-order valence-electron chi connectivity index (χ3n) is 6.40. The Morgan fingerprint density at radius 3 is 2.50 bits per heavy atom. The van der Waals surface area contributed by atoms with E-state index in [4.69, 9.17) is 17.3 Å². The highest BCUT2D eigenvalue weighted by molar-refractivity contribution is 7.13. The van der Waals surface area contributed by atoms with Crippen molar-refractivity contribution in [3.63, 3.8) is 0 Å². The van der Waals surface area contributed by atoms with Gasteiger partial charge < -0.3 is 15.5 Å². The van der Waals surface area contributed by atoms with Crippen LogP contribution in [0, 0.1) is 0 Å². The number of thiazole rings is 1. The molecule has 0 radical (unpaired) electrons. The second-order valence-electron chi connectivity index (χ2n) is 8.82. The van der Waals surface area contributed by atoms with Crippen LogP contribution >= 0.6 is 22.9 Å². The Bertz CT molecular complexity index is 1150. The summed E-state index contributed by atoms with van der Waals surface area (Å²) in [6, 6.07) is 2.99. The Morgan fingerprint density at radius 2 is 1.83 bits per heavy atom. The van der Waals surface area contributed by atoms with Gasteiger partial charge in [0.2, 0.25) is 17.7 Å². The standard InChI is InChI=1S/C23H25ClF3N5O3S/c24-14-3-4-16(21(28)35)17(10-14)22-29-15(13-36-22)11-19(33)31-8-6-30(7-9-31)12-20(34)32-5-1-2-18(32)23(25,26)27/h3-4,10,13,18H,1-2,5-9,11-12H2,(H2,28,35). The van der Waals surface area contributed by atoms with Gasteiger partial charge in [0.05, 0.1) is 18.7 Å². The third kappa shape index (κ3) is 5.98. The van der Waals surface area contributed by atoms with Crippen LogP contribution in [0.25, 0.3) is 10.6 Å². The summed E-state index contributed by atoms with van der Waals surface area (Å²) in [5.74, 6) is -1.28. The van der Waals surface area contributed by atoms with Crippen molar-refractivity contribution in [2.75, 3.05) is 39.3 Å². The number of halogens is 4. The number of benzene rings is 1. The summed E-state index contributed by atoms with van der Waals surface area (Å²) >= 11 is 7.33. The van der Waals surface area contributed by atoms with E-state index in [1.807, 2.05) is 0 Å². The number of carbonyl (C=O) groups is 3. The molecule has 3 amide bonds. The number of rotatable bonds is 6. The van der Waals surface area contributed by atoms with Crippen LogP contribution < -0.4 is 5.73 Å². The molecule has 0 spiro atoms. The first-order chi connectivity index (χ1) is 17.0. The van der Waals surface area contributed by atoms with Crippen molar-refractivity contribution < 1.29 is 27.6 Å². The fraction of sp³-hybridized carbons (Fsp3) is 0.478. The van der Waals surface area contributed by atoms with Crippen LogP contribution in [0.1, 0.15) is 28.9 Å². The lowest BCUT2D eigenvalue weighted by Gasteiger charge is -2.35. The highest BCUT2D eigenvalue weighted by Gasteiger charge is 2.47. The van der Waals surface area contributed by atoms with Gasteiger partial charge in [-0.15, -0.1) is 11.3 Å². The van der Waals surface area contributed by atoms with Crippen LogP contribution in [0.5, 0.6) is 0 Å². The Labute approximate surface area is 214 Å². The van der Waals surface area contributed by atoms with E-state index in [9.17, 15) is 27.6 Å². The lowest BCUT2D eigenvalue weighted by Crippen LogP contribution is -2.53. The molecule has 8 nitrogen and oxygen atoms in total. The van der Waals surface area contributed by atoms with Gasteiger partial charge in [0.1, 0.15) is 11.0 Å². The summed E-state index contributed by atoms with van der Waals surface area (Å²) in [5, 5.41) is 2.69. The summed E-state index contributed by atoms with van der Waals surface area (Å²) in [6.45, 7) is 1.56. The van der Waals surface area contributed by atoms with Gasteiger partial charge in [-0.25, -0.2) is 4.98 Å². The zero-order chi connectivity index (χ0) is 26.0. The zero-order valence-electron chi connectivity index (χ0n) is 19.3. The SMILES string of the molecule is NC(=O)c1ccc(Cl)cc1-c1nc(CC(=O)N2CCN(CC(=O)N3CCCC3C(F)(F)F)CC2)cs1. The third-order valence-corrected chi connectivity index (χ3v) is 7.56. The monoisotopic (exact) mass is 543 g/mol. The molecule has 2 aromatic rings. The van der Waals surface area contributed by atoms with E-state index in [0.29, 0.717) is 53.9 Å². The molecule has 1 atom stereocenters. The molecule has 2 aliphatic heterocycles. The molecule has 2 aliphatic rings. The fourth-order valence-corrected chi connectivity index (χ4v) is 5.55. The normalized spacial score (nSPS) is 19.1. The molecule has 0 bridgehead atoms. The molecule has 3 heterocycles. The van der Waals surface area contributed by atoms with Crippen LogP contribution in [0.3, 0.4) is 0 Å². The Morgan fingerprint density at radius 1 is 1.11 bits per heavy atom. The minimum Gasteiger partial charge on any atom is -0.366 e. The number of primary amides is 1. The lowest BCUT2D eigenvalue weighted by molar-refractivity contribution is -0.183. The molecule has 13 heteroatoms. The average Bonchev–Trinajstić information content (AvgIpc) is 3.49. The van der Waals surface area contributed by atoms with Crippen molar-refractivity contribution in [2.24, 2.45) is 5.73 Å². The van der Waals surface area contributed by atoms with Gasteiger partial charge in [-0.3, -0.25) is 19.3 Å². The molecule has 36 heavy (non-hydrogen) atoms. The van der Waals surface area contributed by atoms with Gasteiger partial charge in [0, 0.05) is 54.3 Å². The second-order valence-corrected chi connectivity index (χ2v) is 10.1. The van der Waals surface area contributed by atoms with E-state index in [1.54, 1.807) is 27.3 Å². The molecule has 1 unspecified atom stereocenters. The molecule has 0 saturated carbocycles. The van der Waals surface area contributed by atoms with E-state index < -0.39 is 24.0 Å². The number of nitrogens with zero attached hydrogens (tertiary/aromatic N) is 4. The molecular formula is C23H25ClF3N5O3S. The summed E-state index contributed by atoms with van der Waals surface area (Å²) < 4.78 is 39.5. The topological polar surface area (TPSA) is 99.8 Å². The molecule has 2 fully saturated rings. The molecule has 1 aromatic carbocycles. The summed E-state index contributed by atoms with van der Waals surface area (Å²) in [6.07, 6.45) is -4.07. The van der Waals surface area contributed by atoms with Crippen LogP contribution in [-0.2, 0) is 16.0 Å². The first-order valence-electron chi connectivity index (χ1n) is 11.4. The maximum absolute atomic E-state index is 13.2. The zero-order valence-corrected chi connectivity index (χ0v) is 20.8. The van der Waals surface area contributed by atoms with E-state index in [0.717, 1.165) is 4.90 Å². The van der Waals surface area contributed by atoms with E-state index >= 15 is 0 Å². The molecule has 2 saturated heterocycles. The summed E-state index contributed by atoms with van der Waals surface area (Å²) in [5.41, 5.74) is 6.78. The maximum atomic E-state index is 13.2. The van der Waals surface area contributed by atoms with Crippen LogP contribution in [0.15, 0.2) is 23.6 Å². The predicted octanol–water partition coefficient (Wildman–Crippen LogP) is 2.80. The van der Waals surface area contributed by atoms with Gasteiger partial charge in [0.15, 0.2) is 0 Å². The van der Waals surface area contributed by atoms with Crippen LogP contribution in [0.4, 0.5) is 13.2 Å². The Balaban J connectivity index is 1.30. The smallest absolute Gasteiger partial charge is 0.366 e. The summed E-state index contributed by atoms with van der Waals surface area (Å²) in [7, 11) is 0. The van der Waals surface area contributed by atoms with Crippen molar-refractivity contribution in [3.8, 4) is 10.6 Å². The van der Waals surface area contributed by atoms with Crippen molar-refractivity contribution in [3.05, 3.63) is 39.9 Å². The van der Waals surface area contributed by atoms with Crippen LogP contribution in [0.2, 0.25) is 5.02 Å². The number of carbonyl (C=O) groups excluding carboxylic acids is 3. The Hall–Kier alpha value is -2.70. The number of alkyl halides is 3. The second kappa shape index (κ2) is 10.7. The van der Waals surface area contributed by atoms with Crippen molar-refractivity contribution in [1.29, 1.82) is 0 Å². The van der Waals surface area contributed by atoms with Crippen molar-refractivity contribution in [2.45, 2.75) is 31.5 Å². The minimum atomic E-state index is -4.42. The minimum absolute atomic E-state index is 0.0585. The van der Waals surface area contributed by atoms with Crippen LogP contribution in [-0.4, -0.2) is 88.9 Å². The quantitative estimate of drug-likeness (QED) is 0.604. The van der Waals surface area contributed by atoms with Gasteiger partial charge in [0.25, 0.3) is 0 Å². The van der Waals surface area contributed by atoms with Crippen molar-refractivity contribution >= 4 is 40.7 Å². The first-order valence-corrected chi connectivity index (χ1v) is 12.7. The summed E-state index contributed by atoms with van der Waals surface area (Å²) in [4.78, 5) is 45.9. The number of aromatic nitrogens is 1. The number of amides is 3. The van der Waals surface area contributed by atoms with Gasteiger partial charge in [-0.05, 0) is 31.0 Å². The highest BCUT2D eigenvalue weighted by Crippen LogP contribution is 2.33. The molecule has 0 aliphatic carbocycles. The van der Waals surface area contributed by atoms with E-state index in [-0.39, 0.29) is 37.4 Å². The average molecular weight is 544 g/mol. The van der Waals surface area contributed by atoms with E-state index in [1.165, 1.54) is 17.4 Å². The predicted molar refractivity (Wildman–Crippen MR) is 129 cm³/mol. The Kier molecular flexibility index (Phi) is 7.86. The number of nitrogens with two attached hydrogens (primary N) is 1. The molecule has 194 valence electrons. The fourth-order valence-electron chi connectivity index (χ4n) is 4.53. The van der Waals surface area contributed by atoms with Gasteiger partial charge in [-0.1, -0.05) is 11.6 Å². The maximum Gasteiger partial charge on any atom is 0.408 e. The van der Waals surface area contributed by atoms with Crippen molar-refractivity contribution in [1.82, 2.24) is 19.7 Å². The number of piperazine rings is 1. The number of likely N-dealkylation sites (tertiary alicyclic amines) is 1. The molecular weight excluding hydrogens is 519 g/mol. The molecule has 1 aromatic heterocycles. The largest absolute Gasteiger partial charge is 0.408 e.